The largest absolute Gasteiger partial charge is 0.472 e. The highest BCUT2D eigenvalue weighted by Crippen LogP contribution is 2.45. The van der Waals surface area contributed by atoms with Gasteiger partial charge in [0.25, 0.3) is 0 Å². The van der Waals surface area contributed by atoms with Gasteiger partial charge in [-0.05, 0) is 43.4 Å². The van der Waals surface area contributed by atoms with E-state index in [-0.39, 0.29) is 25.7 Å². The third kappa shape index (κ3) is 74.3. The lowest BCUT2D eigenvalue weighted by Gasteiger charge is -2.21. The maximum atomic E-state index is 13.1. The number of carbonyl (C=O) groups excluding carboxylic acids is 4. The summed E-state index contributed by atoms with van der Waals surface area (Å²) in [7, 11) is -9.92. The van der Waals surface area contributed by atoms with Crippen LogP contribution in [0.3, 0.4) is 0 Å². The normalized spacial score (nSPS) is 14.0. The van der Waals surface area contributed by atoms with Crippen LogP contribution in [0.4, 0.5) is 0 Å². The molecule has 0 aliphatic rings. The summed E-state index contributed by atoms with van der Waals surface area (Å²) in [5, 5.41) is 10.6. The smallest absolute Gasteiger partial charge is 0.462 e. The monoisotopic (exact) mass is 1470 g/mol. The Morgan fingerprint density at radius 1 is 0.270 bits per heavy atom. The molecule has 0 rings (SSSR count). The van der Waals surface area contributed by atoms with Crippen LogP contribution in [0.1, 0.15) is 421 Å². The van der Waals surface area contributed by atoms with Crippen molar-refractivity contribution in [3.63, 3.8) is 0 Å². The second-order valence-corrected chi connectivity index (χ2v) is 33.5. The van der Waals surface area contributed by atoms with Crippen molar-refractivity contribution in [2.75, 3.05) is 39.6 Å². The summed E-state index contributed by atoms with van der Waals surface area (Å²) in [6, 6.07) is 0. The van der Waals surface area contributed by atoms with E-state index < -0.39 is 97.5 Å². The molecule has 0 aromatic carbocycles. The second kappa shape index (κ2) is 71.3. The quantitative estimate of drug-likeness (QED) is 0.0222. The molecule has 0 bridgehead atoms. The summed E-state index contributed by atoms with van der Waals surface area (Å²) in [5.74, 6) is 0.189. The molecule has 0 aromatic rings. The third-order valence-electron chi connectivity index (χ3n) is 18.9. The first-order chi connectivity index (χ1) is 48.2. The third-order valence-corrected chi connectivity index (χ3v) is 20.8. The molecule has 0 fully saturated rings. The summed E-state index contributed by atoms with van der Waals surface area (Å²) in [6.07, 6.45) is 59.7. The zero-order valence-electron chi connectivity index (χ0n) is 65.7. The predicted octanol–water partition coefficient (Wildman–Crippen LogP) is 24.1. The number of aliphatic hydroxyl groups excluding tert-OH is 1. The molecule has 0 spiro atoms. The predicted molar refractivity (Wildman–Crippen MR) is 409 cm³/mol. The van der Waals surface area contributed by atoms with Gasteiger partial charge in [0.2, 0.25) is 0 Å². The number of phosphoric acid groups is 2. The van der Waals surface area contributed by atoms with Crippen LogP contribution in [0.5, 0.6) is 0 Å². The highest BCUT2D eigenvalue weighted by atomic mass is 31.2. The highest BCUT2D eigenvalue weighted by molar-refractivity contribution is 7.47. The first-order valence-electron chi connectivity index (χ1n) is 41.8. The Bertz CT molecular complexity index is 1940. The van der Waals surface area contributed by atoms with Crippen LogP contribution in [-0.4, -0.2) is 96.7 Å². The summed E-state index contributed by atoms with van der Waals surface area (Å²) >= 11 is 0. The summed E-state index contributed by atoms with van der Waals surface area (Å²) < 4.78 is 68.7. The Kier molecular flexibility index (Phi) is 69.9. The van der Waals surface area contributed by atoms with Crippen LogP contribution in [-0.2, 0) is 65.4 Å². The SMILES string of the molecule is CCCCCCCCCCCCCCCCCCC(=O)O[C@H](COC(=O)CCCCCCCCCC(C)C)COP(=O)(O)OC[C@H](O)COP(=O)(O)OC[C@@H](COC(=O)CCCCCCCCCCCCCCCCC(C)C)OC(=O)CCCCCCCCCCCCCCCCC(C)C. The van der Waals surface area contributed by atoms with Crippen LogP contribution in [0.15, 0.2) is 0 Å². The highest BCUT2D eigenvalue weighted by Gasteiger charge is 2.30. The van der Waals surface area contributed by atoms with Crippen molar-refractivity contribution in [1.82, 2.24) is 0 Å². The maximum Gasteiger partial charge on any atom is 0.472 e. The fourth-order valence-electron chi connectivity index (χ4n) is 12.5. The van der Waals surface area contributed by atoms with E-state index in [2.05, 4.69) is 48.5 Å². The van der Waals surface area contributed by atoms with Crippen LogP contribution in [0.2, 0.25) is 0 Å². The van der Waals surface area contributed by atoms with E-state index in [1.165, 1.54) is 225 Å². The van der Waals surface area contributed by atoms with E-state index >= 15 is 0 Å². The standard InChI is InChI=1S/C81H158O17P2/c1-8-9-10-11-12-13-14-15-16-17-25-30-35-42-50-57-64-81(86)98-77(69-92-79(84)63-56-49-44-37-40-47-54-61-74(6)7)71-96-100(89,90)94-67-75(82)66-93-99(87,88)95-70-76(97-80(85)65-58-51-43-36-31-26-21-19-23-28-33-39-46-53-60-73(4)5)68-91-78(83)62-55-48-41-34-29-24-20-18-22-27-32-38-45-52-59-72(2)3/h72-77,82H,8-71H2,1-7H3,(H,87,88)(H,89,90)/t75-,76-,77-/m1/s1. The van der Waals surface area contributed by atoms with Crippen molar-refractivity contribution in [1.29, 1.82) is 0 Å². The second-order valence-electron chi connectivity index (χ2n) is 30.6. The minimum Gasteiger partial charge on any atom is -0.462 e. The Labute approximate surface area is 613 Å². The minimum atomic E-state index is -4.96. The number of hydrogen-bond acceptors (Lipinski definition) is 15. The zero-order chi connectivity index (χ0) is 73.7. The molecule has 0 radical (unpaired) electrons. The van der Waals surface area contributed by atoms with Gasteiger partial charge in [0.15, 0.2) is 12.2 Å². The zero-order valence-corrected chi connectivity index (χ0v) is 67.5. The number of phosphoric ester groups is 2. The van der Waals surface area contributed by atoms with Gasteiger partial charge >= 0.3 is 39.5 Å². The molecule has 2 unspecified atom stereocenters. The van der Waals surface area contributed by atoms with Crippen molar-refractivity contribution in [3.05, 3.63) is 0 Å². The number of rotatable bonds is 79. The van der Waals surface area contributed by atoms with Crippen LogP contribution in [0, 0.1) is 17.8 Å². The van der Waals surface area contributed by atoms with E-state index in [9.17, 15) is 43.2 Å². The molecule has 0 aliphatic heterocycles. The summed E-state index contributed by atoms with van der Waals surface area (Å²) in [4.78, 5) is 73.0. The van der Waals surface area contributed by atoms with E-state index in [0.717, 1.165) is 108 Å². The van der Waals surface area contributed by atoms with Gasteiger partial charge in [-0.25, -0.2) is 9.13 Å². The molecule has 0 heterocycles. The Morgan fingerprint density at radius 3 is 0.680 bits per heavy atom. The van der Waals surface area contributed by atoms with E-state index in [4.69, 9.17) is 37.0 Å². The van der Waals surface area contributed by atoms with Gasteiger partial charge in [-0.1, -0.05) is 370 Å². The van der Waals surface area contributed by atoms with Crippen molar-refractivity contribution in [2.45, 2.75) is 439 Å². The Hall–Kier alpha value is -1.94. The van der Waals surface area contributed by atoms with Crippen molar-refractivity contribution in [3.8, 4) is 0 Å². The fourth-order valence-corrected chi connectivity index (χ4v) is 14.1. The van der Waals surface area contributed by atoms with Gasteiger partial charge in [-0.2, -0.15) is 0 Å². The summed E-state index contributed by atoms with van der Waals surface area (Å²) in [5.41, 5.74) is 0. The maximum absolute atomic E-state index is 13.1. The van der Waals surface area contributed by atoms with Gasteiger partial charge in [0.05, 0.1) is 26.4 Å². The van der Waals surface area contributed by atoms with Crippen LogP contribution >= 0.6 is 15.6 Å². The fraction of sp³-hybridized carbons (Fsp3) is 0.951. The van der Waals surface area contributed by atoms with Gasteiger partial charge in [-0.15, -0.1) is 0 Å². The average Bonchev–Trinajstić information content (AvgIpc) is 0.914. The molecule has 3 N–H and O–H groups in total. The molecule has 5 atom stereocenters. The molecule has 594 valence electrons. The van der Waals surface area contributed by atoms with E-state index in [1.54, 1.807) is 0 Å². The number of carbonyl (C=O) groups is 4. The Balaban J connectivity index is 5.25. The van der Waals surface area contributed by atoms with Gasteiger partial charge in [0, 0.05) is 25.7 Å². The van der Waals surface area contributed by atoms with Crippen molar-refractivity contribution < 1.29 is 80.2 Å². The minimum absolute atomic E-state index is 0.107. The molecule has 19 heteroatoms. The van der Waals surface area contributed by atoms with Crippen molar-refractivity contribution in [2.24, 2.45) is 17.8 Å². The van der Waals surface area contributed by atoms with E-state index in [0.29, 0.717) is 31.6 Å². The summed E-state index contributed by atoms with van der Waals surface area (Å²) in [6.45, 7) is 11.9. The number of unbranched alkanes of at least 4 members (excludes halogenated alkanes) is 47. The van der Waals surface area contributed by atoms with Gasteiger partial charge < -0.3 is 33.8 Å². The Morgan fingerprint density at radius 2 is 0.460 bits per heavy atom. The first-order valence-corrected chi connectivity index (χ1v) is 44.8. The van der Waals surface area contributed by atoms with E-state index in [1.807, 2.05) is 0 Å². The van der Waals surface area contributed by atoms with Crippen LogP contribution in [0.25, 0.3) is 0 Å². The number of hydrogen-bond donors (Lipinski definition) is 3. The molecular weight excluding hydrogens is 1310 g/mol. The number of aliphatic hydroxyl groups is 1. The van der Waals surface area contributed by atoms with Crippen LogP contribution < -0.4 is 0 Å². The lowest BCUT2D eigenvalue weighted by Crippen LogP contribution is -2.30. The first kappa shape index (κ1) is 98.1. The molecular formula is C81H158O17P2. The lowest BCUT2D eigenvalue weighted by atomic mass is 10.0. The lowest BCUT2D eigenvalue weighted by molar-refractivity contribution is -0.161. The van der Waals surface area contributed by atoms with Gasteiger partial charge in [-0.3, -0.25) is 37.3 Å². The topological polar surface area (TPSA) is 237 Å². The molecule has 0 aromatic heterocycles. The molecule has 17 nitrogen and oxygen atoms in total. The molecule has 0 saturated heterocycles. The average molecular weight is 1470 g/mol. The number of esters is 4. The van der Waals surface area contributed by atoms with Crippen molar-refractivity contribution >= 4 is 39.5 Å². The molecule has 0 aliphatic carbocycles. The van der Waals surface area contributed by atoms with Gasteiger partial charge in [0.1, 0.15) is 19.3 Å². The molecule has 100 heavy (non-hydrogen) atoms. The molecule has 0 saturated carbocycles. The number of ether oxygens (including phenoxy) is 4. The molecule has 0 amide bonds.